The topological polar surface area (TPSA) is 83.7 Å². The normalized spacial score (nSPS) is 17.3. The van der Waals surface area contributed by atoms with Gasteiger partial charge in [-0.2, -0.15) is 0 Å². The Hall–Kier alpha value is -2.83. The van der Waals surface area contributed by atoms with Gasteiger partial charge in [0.05, 0.1) is 0 Å². The largest absolute Gasteiger partial charge is 0.383 e. The molecule has 1 amide bonds. The van der Waals surface area contributed by atoms with Crippen molar-refractivity contribution in [1.29, 1.82) is 0 Å². The molecule has 0 radical (unpaired) electrons. The number of aliphatic imine (C=N–C) groups is 1. The number of nitrogens with one attached hydrogen (secondary N) is 1. The maximum absolute atomic E-state index is 11.8. The highest BCUT2D eigenvalue weighted by atomic mass is 35.5. The second-order valence-electron chi connectivity index (χ2n) is 6.06. The maximum Gasteiger partial charge on any atom is 0.260 e. The van der Waals surface area contributed by atoms with E-state index in [1.165, 1.54) is 5.06 Å². The number of fused-ring (bicyclic) bond motifs is 1. The Morgan fingerprint density at radius 3 is 2.85 bits per heavy atom. The molecule has 0 fully saturated rings. The molecule has 6 nitrogen and oxygen atoms in total. The van der Waals surface area contributed by atoms with Crippen molar-refractivity contribution in [1.82, 2.24) is 10.0 Å². The molecule has 0 saturated heterocycles. The first-order valence-corrected chi connectivity index (χ1v) is 8.62. The number of hydrogen-bond donors (Lipinski definition) is 2. The molecule has 1 aromatic heterocycles. The van der Waals surface area contributed by atoms with E-state index in [1.807, 2.05) is 54.7 Å². The van der Waals surface area contributed by atoms with Crippen LogP contribution in [0.5, 0.6) is 0 Å². The summed E-state index contributed by atoms with van der Waals surface area (Å²) in [6, 6.07) is 15.1. The van der Waals surface area contributed by atoms with Crippen LogP contribution in [-0.2, 0) is 16.1 Å². The van der Waals surface area contributed by atoms with Gasteiger partial charge >= 0.3 is 0 Å². The van der Waals surface area contributed by atoms with Crippen LogP contribution in [0, 0.1) is 0 Å². The molecule has 3 aromatic rings. The predicted molar refractivity (Wildman–Crippen MR) is 101 cm³/mol. The van der Waals surface area contributed by atoms with E-state index >= 15 is 0 Å². The molecule has 0 bridgehead atoms. The number of benzene rings is 2. The highest BCUT2D eigenvalue weighted by Gasteiger charge is 2.33. The Morgan fingerprint density at radius 2 is 2.08 bits per heavy atom. The average molecular weight is 369 g/mol. The first-order valence-electron chi connectivity index (χ1n) is 8.24. The summed E-state index contributed by atoms with van der Waals surface area (Å²) in [6.45, 7) is 0.465. The van der Waals surface area contributed by atoms with E-state index in [0.29, 0.717) is 23.9 Å². The highest BCUT2D eigenvalue weighted by molar-refractivity contribution is 6.31. The number of H-pyrrole nitrogens is 1. The number of nitrogens with two attached hydrogens (primary N) is 1. The van der Waals surface area contributed by atoms with E-state index in [4.69, 9.17) is 22.2 Å². The standard InChI is InChI=1S/C19H17ClN4O2/c20-14-6-7-16-15(10-14)13(11-22-16)8-9-24-18(17(21)25)23-19(26-24)12-4-2-1-3-5-12/h1-7,10-11,18,22H,8-9H2,(H2,21,25). The summed E-state index contributed by atoms with van der Waals surface area (Å²) >= 11 is 6.10. The molecule has 0 saturated carbocycles. The number of aromatic nitrogens is 1. The van der Waals surface area contributed by atoms with Crippen molar-refractivity contribution in [2.24, 2.45) is 10.7 Å². The molecule has 3 N–H and O–H groups in total. The van der Waals surface area contributed by atoms with Crippen molar-refractivity contribution in [2.75, 3.05) is 6.54 Å². The fourth-order valence-corrected chi connectivity index (χ4v) is 3.20. The minimum atomic E-state index is -0.834. The molecule has 0 aliphatic carbocycles. The van der Waals surface area contributed by atoms with Crippen molar-refractivity contribution < 1.29 is 9.63 Å². The van der Waals surface area contributed by atoms with E-state index in [0.717, 1.165) is 22.0 Å². The lowest BCUT2D eigenvalue weighted by atomic mass is 10.1. The molecule has 1 aliphatic heterocycles. The van der Waals surface area contributed by atoms with Gasteiger partial charge in [-0.05, 0) is 42.3 Å². The fraction of sp³-hybridized carbons (Fsp3) is 0.158. The number of hydrogen-bond acceptors (Lipinski definition) is 4. The number of nitrogens with zero attached hydrogens (tertiary/aromatic N) is 2. The number of hydroxylamine groups is 2. The molecule has 2 heterocycles. The van der Waals surface area contributed by atoms with Gasteiger partial charge in [0.2, 0.25) is 12.1 Å². The van der Waals surface area contributed by atoms with Crippen molar-refractivity contribution in [3.63, 3.8) is 0 Å². The van der Waals surface area contributed by atoms with Crippen molar-refractivity contribution in [3.05, 3.63) is 70.9 Å². The van der Waals surface area contributed by atoms with Crippen LogP contribution in [0.25, 0.3) is 10.9 Å². The van der Waals surface area contributed by atoms with Crippen molar-refractivity contribution in [3.8, 4) is 0 Å². The SMILES string of the molecule is NC(=O)C1N=C(c2ccccc2)ON1CCc1c[nH]c2ccc(Cl)cc12. The van der Waals surface area contributed by atoms with Crippen LogP contribution in [-0.4, -0.2) is 34.6 Å². The van der Waals surface area contributed by atoms with Gasteiger partial charge < -0.3 is 15.6 Å². The van der Waals surface area contributed by atoms with Crippen LogP contribution >= 0.6 is 11.6 Å². The molecular weight excluding hydrogens is 352 g/mol. The molecule has 4 rings (SSSR count). The summed E-state index contributed by atoms with van der Waals surface area (Å²) in [5.74, 6) is -0.144. The Labute approximate surface area is 155 Å². The first kappa shape index (κ1) is 16.6. The van der Waals surface area contributed by atoms with Crippen LogP contribution in [0.4, 0.5) is 0 Å². The summed E-state index contributed by atoms with van der Waals surface area (Å²) < 4.78 is 0. The Bertz CT molecular complexity index is 984. The van der Waals surface area contributed by atoms with Crippen molar-refractivity contribution >= 4 is 34.3 Å². The number of amides is 1. The summed E-state index contributed by atoms with van der Waals surface area (Å²) in [4.78, 5) is 25.1. The van der Waals surface area contributed by atoms with Gasteiger partial charge in [-0.15, -0.1) is 5.06 Å². The monoisotopic (exact) mass is 368 g/mol. The lowest BCUT2D eigenvalue weighted by Gasteiger charge is -2.18. The van der Waals surface area contributed by atoms with Gasteiger partial charge in [-0.3, -0.25) is 4.79 Å². The van der Waals surface area contributed by atoms with E-state index in [1.54, 1.807) is 0 Å². The zero-order chi connectivity index (χ0) is 18.1. The molecule has 7 heteroatoms. The zero-order valence-corrected chi connectivity index (χ0v) is 14.6. The highest BCUT2D eigenvalue weighted by Crippen LogP contribution is 2.24. The molecule has 132 valence electrons. The Morgan fingerprint density at radius 1 is 1.27 bits per heavy atom. The molecular formula is C19H17ClN4O2. The number of carbonyl (C=O) groups is 1. The van der Waals surface area contributed by atoms with Gasteiger partial charge in [-0.25, -0.2) is 4.99 Å². The molecule has 1 aliphatic rings. The average Bonchev–Trinajstić information content (AvgIpc) is 3.24. The van der Waals surface area contributed by atoms with Gasteiger partial charge in [0.25, 0.3) is 5.91 Å². The maximum atomic E-state index is 11.8. The second kappa shape index (κ2) is 6.82. The fourth-order valence-electron chi connectivity index (χ4n) is 3.03. The number of rotatable bonds is 5. The van der Waals surface area contributed by atoms with Crippen LogP contribution in [0.15, 0.2) is 59.7 Å². The van der Waals surface area contributed by atoms with Crippen LogP contribution in [0.2, 0.25) is 5.02 Å². The van der Waals surface area contributed by atoms with Crippen LogP contribution in [0.1, 0.15) is 11.1 Å². The smallest absolute Gasteiger partial charge is 0.260 e. The molecule has 2 aromatic carbocycles. The third-order valence-electron chi connectivity index (χ3n) is 4.32. The lowest BCUT2D eigenvalue weighted by molar-refractivity contribution is -0.137. The van der Waals surface area contributed by atoms with Crippen LogP contribution < -0.4 is 5.73 Å². The van der Waals surface area contributed by atoms with Crippen molar-refractivity contribution in [2.45, 2.75) is 12.6 Å². The third kappa shape index (κ3) is 3.16. The Balaban J connectivity index is 1.52. The van der Waals surface area contributed by atoms with Gasteiger partial charge in [0.15, 0.2) is 0 Å². The number of carbonyl (C=O) groups excluding carboxylic acids is 1. The van der Waals surface area contributed by atoms with Gasteiger partial charge in [0, 0.05) is 34.2 Å². The quantitative estimate of drug-likeness (QED) is 0.726. The molecule has 26 heavy (non-hydrogen) atoms. The molecule has 1 unspecified atom stereocenters. The third-order valence-corrected chi connectivity index (χ3v) is 4.56. The van der Waals surface area contributed by atoms with Crippen LogP contribution in [0.3, 0.4) is 0 Å². The van der Waals surface area contributed by atoms with E-state index in [9.17, 15) is 4.79 Å². The lowest BCUT2D eigenvalue weighted by Crippen LogP contribution is -2.40. The predicted octanol–water partition coefficient (Wildman–Crippen LogP) is 2.87. The molecule has 0 spiro atoms. The first-order chi connectivity index (χ1) is 12.6. The number of aromatic amines is 1. The summed E-state index contributed by atoms with van der Waals surface area (Å²) in [5, 5.41) is 3.26. The minimum Gasteiger partial charge on any atom is -0.383 e. The Kier molecular flexibility index (Phi) is 4.36. The summed E-state index contributed by atoms with van der Waals surface area (Å²) in [5.41, 5.74) is 8.40. The number of halogens is 1. The molecule has 1 atom stereocenters. The summed E-state index contributed by atoms with van der Waals surface area (Å²) in [7, 11) is 0. The van der Waals surface area contributed by atoms with Gasteiger partial charge in [0.1, 0.15) is 0 Å². The van der Waals surface area contributed by atoms with Gasteiger partial charge in [-0.1, -0.05) is 29.8 Å². The van der Waals surface area contributed by atoms with E-state index in [2.05, 4.69) is 9.98 Å². The minimum absolute atomic E-state index is 0.399. The zero-order valence-electron chi connectivity index (χ0n) is 13.9. The summed E-state index contributed by atoms with van der Waals surface area (Å²) in [6.07, 6.45) is 1.76. The second-order valence-corrected chi connectivity index (χ2v) is 6.50. The number of primary amides is 1. The van der Waals surface area contributed by atoms with E-state index in [-0.39, 0.29) is 0 Å². The van der Waals surface area contributed by atoms with E-state index < -0.39 is 12.1 Å².